The summed E-state index contributed by atoms with van der Waals surface area (Å²) in [5.41, 5.74) is 2.27. The van der Waals surface area contributed by atoms with Crippen molar-refractivity contribution < 1.29 is 9.53 Å². The monoisotopic (exact) mass is 374 g/mol. The molecule has 0 aliphatic heterocycles. The van der Waals surface area contributed by atoms with Crippen LogP contribution < -0.4 is 5.84 Å². The zero-order valence-corrected chi connectivity index (χ0v) is 14.9. The maximum Gasteiger partial charge on any atom is 0.337 e. The highest BCUT2D eigenvalue weighted by atomic mass is 35.5. The molecule has 0 unspecified atom stereocenters. The lowest BCUT2D eigenvalue weighted by molar-refractivity contribution is 0.0600. The number of benzene rings is 2. The normalized spacial score (nSPS) is 10.6. The number of esters is 1. The van der Waals surface area contributed by atoms with Crippen molar-refractivity contribution >= 4 is 29.3 Å². The molecule has 2 aromatic carbocycles. The lowest BCUT2D eigenvalue weighted by atomic mass is 10.1. The lowest BCUT2D eigenvalue weighted by Crippen LogP contribution is -2.11. The van der Waals surface area contributed by atoms with Crippen LogP contribution in [0, 0.1) is 0 Å². The van der Waals surface area contributed by atoms with Crippen molar-refractivity contribution in [3.05, 3.63) is 64.7 Å². The summed E-state index contributed by atoms with van der Waals surface area (Å²) < 4.78 is 6.11. The van der Waals surface area contributed by atoms with E-state index in [0.29, 0.717) is 27.3 Å². The van der Waals surface area contributed by atoms with Gasteiger partial charge in [0.15, 0.2) is 5.82 Å². The number of nitrogens with zero attached hydrogens (tertiary/aromatic N) is 3. The topological polar surface area (TPSA) is 83.0 Å². The van der Waals surface area contributed by atoms with Crippen LogP contribution in [-0.2, 0) is 10.5 Å². The largest absolute Gasteiger partial charge is 0.465 e. The van der Waals surface area contributed by atoms with Crippen molar-refractivity contribution in [3.8, 4) is 11.4 Å². The molecule has 25 heavy (non-hydrogen) atoms. The smallest absolute Gasteiger partial charge is 0.337 e. The van der Waals surface area contributed by atoms with E-state index in [1.54, 1.807) is 18.2 Å². The Balaban J connectivity index is 1.72. The van der Waals surface area contributed by atoms with E-state index in [1.807, 2.05) is 30.3 Å². The van der Waals surface area contributed by atoms with Crippen LogP contribution in [0.1, 0.15) is 15.9 Å². The van der Waals surface area contributed by atoms with Gasteiger partial charge in [0.05, 0.1) is 17.7 Å². The van der Waals surface area contributed by atoms with Crippen molar-refractivity contribution in [2.24, 2.45) is 0 Å². The van der Waals surface area contributed by atoms with Gasteiger partial charge in [-0.25, -0.2) is 9.47 Å². The molecule has 1 heterocycles. The van der Waals surface area contributed by atoms with Crippen LogP contribution in [0.2, 0.25) is 5.02 Å². The summed E-state index contributed by atoms with van der Waals surface area (Å²) in [4.78, 5) is 11.4. The third-order valence-electron chi connectivity index (χ3n) is 3.52. The van der Waals surface area contributed by atoms with Gasteiger partial charge in [0.2, 0.25) is 5.16 Å². The molecule has 0 radical (unpaired) electrons. The number of carbonyl (C=O) groups excluding carboxylic acids is 1. The van der Waals surface area contributed by atoms with Crippen LogP contribution in [0.3, 0.4) is 0 Å². The molecule has 0 saturated carbocycles. The molecule has 0 bridgehead atoms. The molecule has 6 nitrogen and oxygen atoms in total. The highest BCUT2D eigenvalue weighted by Gasteiger charge is 2.14. The van der Waals surface area contributed by atoms with Crippen molar-refractivity contribution in [2.45, 2.75) is 10.9 Å². The third-order valence-corrected chi connectivity index (χ3v) is 4.87. The van der Waals surface area contributed by atoms with Crippen molar-refractivity contribution in [1.29, 1.82) is 0 Å². The van der Waals surface area contributed by atoms with Gasteiger partial charge in [-0.3, -0.25) is 0 Å². The highest BCUT2D eigenvalue weighted by molar-refractivity contribution is 7.98. The molecule has 2 N–H and O–H groups in total. The molecule has 1 aromatic heterocycles. The van der Waals surface area contributed by atoms with Gasteiger partial charge < -0.3 is 10.6 Å². The molecule has 3 aromatic rings. The molecular weight excluding hydrogens is 360 g/mol. The second kappa shape index (κ2) is 7.58. The van der Waals surface area contributed by atoms with E-state index < -0.39 is 0 Å². The van der Waals surface area contributed by atoms with E-state index in [-0.39, 0.29) is 5.97 Å². The van der Waals surface area contributed by atoms with Crippen LogP contribution in [0.4, 0.5) is 0 Å². The zero-order valence-electron chi connectivity index (χ0n) is 13.3. The Labute approximate surface area is 153 Å². The van der Waals surface area contributed by atoms with Gasteiger partial charge in [0, 0.05) is 11.3 Å². The Hall–Kier alpha value is -2.51. The fourth-order valence-electron chi connectivity index (χ4n) is 2.20. The minimum absolute atomic E-state index is 0.356. The molecule has 128 valence electrons. The number of rotatable bonds is 5. The Morgan fingerprint density at radius 1 is 1.20 bits per heavy atom. The molecule has 0 aliphatic carbocycles. The van der Waals surface area contributed by atoms with Crippen molar-refractivity contribution in [2.75, 3.05) is 13.0 Å². The number of nitrogens with two attached hydrogens (primary N) is 1. The molecule has 0 aliphatic rings. The third kappa shape index (κ3) is 3.78. The van der Waals surface area contributed by atoms with Crippen LogP contribution in [0.25, 0.3) is 11.4 Å². The summed E-state index contributed by atoms with van der Waals surface area (Å²) in [6.07, 6.45) is 0. The maximum atomic E-state index is 11.4. The number of aromatic nitrogens is 3. The van der Waals surface area contributed by atoms with E-state index >= 15 is 0 Å². The summed E-state index contributed by atoms with van der Waals surface area (Å²) in [6.45, 7) is 0. The molecular formula is C17H15ClN4O2S. The van der Waals surface area contributed by atoms with Crippen LogP contribution in [0.5, 0.6) is 0 Å². The van der Waals surface area contributed by atoms with Crippen molar-refractivity contribution in [3.63, 3.8) is 0 Å². The van der Waals surface area contributed by atoms with Gasteiger partial charge in [-0.15, -0.1) is 10.2 Å². The fraction of sp³-hybridized carbons (Fsp3) is 0.118. The predicted molar refractivity (Wildman–Crippen MR) is 98.0 cm³/mol. The Bertz CT molecular complexity index is 896. The average Bonchev–Trinajstić information content (AvgIpc) is 3.00. The zero-order chi connectivity index (χ0) is 17.8. The van der Waals surface area contributed by atoms with E-state index in [1.165, 1.54) is 23.5 Å². The van der Waals surface area contributed by atoms with E-state index in [0.717, 1.165) is 11.1 Å². The molecule has 0 atom stereocenters. The summed E-state index contributed by atoms with van der Waals surface area (Å²) >= 11 is 7.63. The number of ether oxygens (including phenoxy) is 1. The fourth-order valence-corrected chi connectivity index (χ4v) is 3.24. The first-order valence-electron chi connectivity index (χ1n) is 7.35. The van der Waals surface area contributed by atoms with Gasteiger partial charge in [-0.2, -0.15) is 0 Å². The second-order valence-electron chi connectivity index (χ2n) is 5.13. The number of carbonyl (C=O) groups is 1. The van der Waals surface area contributed by atoms with Gasteiger partial charge >= 0.3 is 5.97 Å². The van der Waals surface area contributed by atoms with Crippen LogP contribution in [0.15, 0.2) is 53.7 Å². The quantitative estimate of drug-likeness (QED) is 0.418. The van der Waals surface area contributed by atoms with E-state index in [9.17, 15) is 4.79 Å². The molecule has 8 heteroatoms. The number of methoxy groups -OCH3 is 1. The molecule has 0 amide bonds. The Morgan fingerprint density at radius 2 is 1.92 bits per heavy atom. The second-order valence-corrected chi connectivity index (χ2v) is 6.48. The number of halogens is 1. The summed E-state index contributed by atoms with van der Waals surface area (Å²) in [7, 11) is 1.36. The minimum atomic E-state index is -0.356. The van der Waals surface area contributed by atoms with Gasteiger partial charge in [-0.05, 0) is 29.8 Å². The minimum Gasteiger partial charge on any atom is -0.465 e. The summed E-state index contributed by atoms with van der Waals surface area (Å²) in [5.74, 6) is 6.89. The number of thioether (sulfide) groups is 1. The van der Waals surface area contributed by atoms with Gasteiger partial charge in [0.25, 0.3) is 0 Å². The summed E-state index contributed by atoms with van der Waals surface area (Å²) in [5, 5.41) is 9.40. The summed E-state index contributed by atoms with van der Waals surface area (Å²) in [6, 6.07) is 14.5. The van der Waals surface area contributed by atoms with Gasteiger partial charge in [0.1, 0.15) is 0 Å². The molecule has 3 rings (SSSR count). The van der Waals surface area contributed by atoms with Crippen molar-refractivity contribution in [1.82, 2.24) is 14.9 Å². The first-order chi connectivity index (χ1) is 12.1. The van der Waals surface area contributed by atoms with E-state index in [2.05, 4.69) is 14.9 Å². The Morgan fingerprint density at radius 3 is 2.60 bits per heavy atom. The number of hydrogen-bond acceptors (Lipinski definition) is 6. The van der Waals surface area contributed by atoms with E-state index in [4.69, 9.17) is 17.4 Å². The highest BCUT2D eigenvalue weighted by Crippen LogP contribution is 2.28. The standard InChI is InChI=1S/C17H15ClN4O2S/c1-24-16(23)12-8-6-11(7-9-12)10-25-17-21-20-15(22(17)19)13-4-2-3-5-14(13)18/h2-9H,10,19H2,1H3. The van der Waals surface area contributed by atoms with Crippen LogP contribution >= 0.6 is 23.4 Å². The molecule has 0 fully saturated rings. The molecule has 0 saturated heterocycles. The average molecular weight is 375 g/mol. The Kier molecular flexibility index (Phi) is 5.25. The number of hydrogen-bond donors (Lipinski definition) is 1. The molecule has 0 spiro atoms. The lowest BCUT2D eigenvalue weighted by Gasteiger charge is -2.05. The number of nitrogen functional groups attached to an aromatic ring is 1. The van der Waals surface area contributed by atoms with Gasteiger partial charge in [-0.1, -0.05) is 47.6 Å². The first-order valence-corrected chi connectivity index (χ1v) is 8.72. The first kappa shape index (κ1) is 17.3. The van der Waals surface area contributed by atoms with Crippen LogP contribution in [-0.4, -0.2) is 28.0 Å². The SMILES string of the molecule is COC(=O)c1ccc(CSc2nnc(-c3ccccc3Cl)n2N)cc1. The maximum absolute atomic E-state index is 11.4. The predicted octanol–water partition coefficient (Wildman–Crippen LogP) is 3.39.